The van der Waals surface area contributed by atoms with E-state index in [-0.39, 0.29) is 0 Å². The Morgan fingerprint density at radius 3 is 2.39 bits per heavy atom. The highest BCUT2D eigenvalue weighted by Crippen LogP contribution is 2.59. The minimum absolute atomic E-state index is 0.341. The van der Waals surface area contributed by atoms with E-state index in [2.05, 4.69) is 34.6 Å². The molecule has 3 rings (SSSR count). The minimum Gasteiger partial charge on any atom is -0.414 e. The Bertz CT molecular complexity index is 800. The van der Waals surface area contributed by atoms with Crippen LogP contribution >= 0.6 is 0 Å². The second-order valence-corrected chi connectivity index (χ2v) is 17.5. The first-order valence-electron chi connectivity index (χ1n) is 12.7. The van der Waals surface area contributed by atoms with Crippen LogP contribution in [0.4, 0.5) is 0 Å². The zero-order chi connectivity index (χ0) is 22.7. The zero-order valence-electron chi connectivity index (χ0n) is 20.5. The van der Waals surface area contributed by atoms with Crippen molar-refractivity contribution in [1.29, 1.82) is 4.78 Å². The van der Waals surface area contributed by atoms with Crippen LogP contribution in [0.5, 0.6) is 0 Å². The molecule has 1 aromatic rings. The molecule has 2 aliphatic rings. The van der Waals surface area contributed by atoms with Gasteiger partial charge in [-0.25, -0.2) is 8.99 Å². The quantitative estimate of drug-likeness (QED) is 0.361. The largest absolute Gasteiger partial charge is 0.414 e. The number of hydrogen-bond donors (Lipinski definition) is 1. The first-order chi connectivity index (χ1) is 14.7. The number of nitrogens with one attached hydrogen (secondary N) is 1. The van der Waals surface area contributed by atoms with E-state index in [4.69, 9.17) is 9.21 Å². The molecule has 0 aliphatic heterocycles. The predicted molar refractivity (Wildman–Crippen MR) is 134 cm³/mol. The van der Waals surface area contributed by atoms with E-state index in [0.717, 1.165) is 6.42 Å². The second-order valence-electron chi connectivity index (χ2n) is 10.5. The van der Waals surface area contributed by atoms with Gasteiger partial charge in [0.05, 0.1) is 9.73 Å². The lowest BCUT2D eigenvalue weighted by Crippen LogP contribution is -2.48. The lowest BCUT2D eigenvalue weighted by atomic mass is 9.61. The van der Waals surface area contributed by atoms with Crippen molar-refractivity contribution in [3.8, 4) is 0 Å². The van der Waals surface area contributed by atoms with E-state index in [9.17, 15) is 4.21 Å². The summed E-state index contributed by atoms with van der Waals surface area (Å²) in [7, 11) is -4.29. The summed E-state index contributed by atoms with van der Waals surface area (Å²) in [5.74, 6) is 2.33. The molecule has 2 saturated carbocycles. The SMILES string of the molecule is CC[Si](CC)(CC)O[C@H]1CCC[C@]2(C)[C@@H]([C@H](C)CC[S@](=N)(=O)c3ccccc3)CC[C@@H]12. The normalized spacial score (nSPS) is 31.7. The fourth-order valence-electron chi connectivity index (χ4n) is 6.87. The molecule has 0 aromatic heterocycles. The van der Waals surface area contributed by atoms with Crippen LogP contribution in [-0.4, -0.2) is 24.4 Å². The molecule has 3 nitrogen and oxygen atoms in total. The van der Waals surface area contributed by atoms with Crippen LogP contribution < -0.4 is 0 Å². The Morgan fingerprint density at radius 2 is 1.77 bits per heavy atom. The third kappa shape index (κ3) is 5.14. The zero-order valence-corrected chi connectivity index (χ0v) is 22.3. The molecule has 2 aliphatic carbocycles. The van der Waals surface area contributed by atoms with E-state index in [1.54, 1.807) is 0 Å². The second kappa shape index (κ2) is 10.1. The van der Waals surface area contributed by atoms with Gasteiger partial charge < -0.3 is 4.43 Å². The van der Waals surface area contributed by atoms with Crippen LogP contribution in [-0.2, 0) is 14.2 Å². The smallest absolute Gasteiger partial charge is 0.192 e. The number of hydrogen-bond acceptors (Lipinski definition) is 3. The molecule has 31 heavy (non-hydrogen) atoms. The van der Waals surface area contributed by atoms with Crippen LogP contribution in [0.25, 0.3) is 0 Å². The van der Waals surface area contributed by atoms with Gasteiger partial charge in [-0.15, -0.1) is 0 Å². The maximum atomic E-state index is 13.0. The highest BCUT2D eigenvalue weighted by atomic mass is 32.2. The van der Waals surface area contributed by atoms with Crippen molar-refractivity contribution in [3.63, 3.8) is 0 Å². The van der Waals surface area contributed by atoms with Crippen molar-refractivity contribution in [2.75, 3.05) is 5.75 Å². The van der Waals surface area contributed by atoms with Crippen molar-refractivity contribution in [2.45, 2.75) is 102 Å². The fourth-order valence-corrected chi connectivity index (χ4v) is 11.3. The third-order valence-corrected chi connectivity index (χ3v) is 15.7. The average molecular weight is 464 g/mol. The summed E-state index contributed by atoms with van der Waals surface area (Å²) >= 11 is 0. The summed E-state index contributed by atoms with van der Waals surface area (Å²) in [4.78, 5) is 0.684. The van der Waals surface area contributed by atoms with Gasteiger partial charge in [0.2, 0.25) is 0 Å². The molecule has 1 N–H and O–H groups in total. The summed E-state index contributed by atoms with van der Waals surface area (Å²) < 4.78 is 28.6. The fraction of sp³-hybridized carbons (Fsp3) is 0.769. The highest BCUT2D eigenvalue weighted by Gasteiger charge is 2.53. The Balaban J connectivity index is 1.68. The third-order valence-electron chi connectivity index (χ3n) is 9.14. The molecule has 0 amide bonds. The van der Waals surface area contributed by atoms with Gasteiger partial charge in [0.25, 0.3) is 0 Å². The lowest BCUT2D eigenvalue weighted by molar-refractivity contribution is -0.0196. The number of fused-ring (bicyclic) bond motifs is 1. The standard InChI is InChI=1S/C26H45NO2SSi/c1-6-31(7-2,8-3)29-25-15-12-19-26(5)23(16-17-24(25)26)21(4)18-20-30(27,28)22-13-10-9-11-14-22/h9-11,13-14,21,23-25,27H,6-8,12,15-20H2,1-5H3/t21-,23-,24+,25+,26-,30+/m1/s1. The van der Waals surface area contributed by atoms with Gasteiger partial charge in [0.15, 0.2) is 8.32 Å². The molecule has 6 atom stereocenters. The van der Waals surface area contributed by atoms with Gasteiger partial charge in [-0.2, -0.15) is 0 Å². The van der Waals surface area contributed by atoms with Crippen LogP contribution in [0.3, 0.4) is 0 Å². The van der Waals surface area contributed by atoms with E-state index in [0.29, 0.717) is 39.9 Å². The molecule has 0 saturated heterocycles. The van der Waals surface area contributed by atoms with Crippen molar-refractivity contribution < 1.29 is 8.63 Å². The van der Waals surface area contributed by atoms with Gasteiger partial charge in [-0.05, 0) is 85.5 Å². The Morgan fingerprint density at radius 1 is 1.13 bits per heavy atom. The summed E-state index contributed by atoms with van der Waals surface area (Å²) in [5.41, 5.74) is 0.341. The summed E-state index contributed by atoms with van der Waals surface area (Å²) in [6.45, 7) is 11.9. The van der Waals surface area contributed by atoms with E-state index in [1.165, 1.54) is 50.2 Å². The maximum Gasteiger partial charge on any atom is 0.192 e. The average Bonchev–Trinajstić information content (AvgIpc) is 3.14. The first kappa shape index (κ1) is 25.0. The topological polar surface area (TPSA) is 50.1 Å². The van der Waals surface area contributed by atoms with Gasteiger partial charge >= 0.3 is 0 Å². The predicted octanol–water partition coefficient (Wildman–Crippen LogP) is 7.73. The molecule has 1 aromatic carbocycles. The summed E-state index contributed by atoms with van der Waals surface area (Å²) in [5, 5.41) is 0. The molecule has 0 bridgehead atoms. The molecule has 0 radical (unpaired) electrons. The lowest BCUT2D eigenvalue weighted by Gasteiger charge is -2.49. The molecule has 0 heterocycles. The Hall–Kier alpha value is -0.653. The molecule has 2 fully saturated rings. The van der Waals surface area contributed by atoms with Crippen molar-refractivity contribution >= 4 is 18.0 Å². The molecule has 0 spiro atoms. The summed E-state index contributed by atoms with van der Waals surface area (Å²) in [6.07, 6.45) is 7.71. The Kier molecular flexibility index (Phi) is 8.13. The van der Waals surface area contributed by atoms with Crippen LogP contribution in [0.15, 0.2) is 35.2 Å². The van der Waals surface area contributed by atoms with Crippen LogP contribution in [0.2, 0.25) is 18.1 Å². The molecule has 5 heteroatoms. The number of rotatable bonds is 10. The van der Waals surface area contributed by atoms with E-state index >= 15 is 0 Å². The molecular formula is C26H45NO2SSi. The van der Waals surface area contributed by atoms with Crippen molar-refractivity contribution in [2.24, 2.45) is 23.2 Å². The molecule has 176 valence electrons. The first-order valence-corrected chi connectivity index (χ1v) is 17.0. The van der Waals surface area contributed by atoms with E-state index in [1.807, 2.05) is 30.3 Å². The van der Waals surface area contributed by atoms with Gasteiger partial charge in [0.1, 0.15) is 0 Å². The van der Waals surface area contributed by atoms with Crippen molar-refractivity contribution in [1.82, 2.24) is 0 Å². The monoisotopic (exact) mass is 463 g/mol. The maximum absolute atomic E-state index is 13.0. The Labute approximate surface area is 192 Å². The van der Waals surface area contributed by atoms with Crippen LogP contribution in [0.1, 0.15) is 73.1 Å². The van der Waals surface area contributed by atoms with E-state index < -0.39 is 18.0 Å². The number of benzene rings is 1. The summed E-state index contributed by atoms with van der Waals surface area (Å²) in [6, 6.07) is 13.1. The minimum atomic E-state index is -2.70. The highest BCUT2D eigenvalue weighted by molar-refractivity contribution is 7.92. The van der Waals surface area contributed by atoms with Gasteiger partial charge in [-0.1, -0.05) is 59.2 Å². The van der Waals surface area contributed by atoms with Crippen molar-refractivity contribution in [3.05, 3.63) is 30.3 Å². The van der Waals surface area contributed by atoms with Crippen LogP contribution in [0, 0.1) is 27.9 Å². The van der Waals surface area contributed by atoms with Gasteiger partial charge in [0, 0.05) is 16.8 Å². The van der Waals surface area contributed by atoms with Gasteiger partial charge in [-0.3, -0.25) is 0 Å². The molecule has 0 unspecified atom stereocenters. The molecular weight excluding hydrogens is 418 g/mol.